The molecule has 2 amide bonds. The van der Waals surface area contributed by atoms with Gasteiger partial charge in [-0.1, -0.05) is 30.3 Å². The number of nitrogens with two attached hydrogens (primary N) is 1. The average Bonchev–Trinajstić information content (AvgIpc) is 2.57. The zero-order valence-corrected chi connectivity index (χ0v) is 13.8. The molecule has 4 nitrogen and oxygen atoms in total. The van der Waals surface area contributed by atoms with Crippen molar-refractivity contribution in [3.05, 3.63) is 64.7 Å². The molecule has 0 radical (unpaired) electrons. The second kappa shape index (κ2) is 6.87. The molecule has 24 heavy (non-hydrogen) atoms. The molecule has 124 valence electrons. The Morgan fingerprint density at radius 3 is 2.75 bits per heavy atom. The van der Waals surface area contributed by atoms with Crippen molar-refractivity contribution in [3.63, 3.8) is 0 Å². The lowest BCUT2D eigenvalue weighted by Crippen LogP contribution is -2.20. The van der Waals surface area contributed by atoms with Crippen molar-refractivity contribution < 1.29 is 9.59 Å². The molecule has 0 heterocycles. The number of carbonyl (C=O) groups excluding carboxylic acids is 2. The van der Waals surface area contributed by atoms with E-state index in [1.165, 1.54) is 11.1 Å². The van der Waals surface area contributed by atoms with E-state index in [1.807, 2.05) is 6.07 Å². The normalized spacial score (nSPS) is 16.3. The summed E-state index contributed by atoms with van der Waals surface area (Å²) < 4.78 is 0. The first-order chi connectivity index (χ1) is 11.6. The van der Waals surface area contributed by atoms with Gasteiger partial charge in [0.25, 0.3) is 0 Å². The minimum Gasteiger partial charge on any atom is -0.366 e. The minimum atomic E-state index is -0.482. The lowest BCUT2D eigenvalue weighted by molar-refractivity contribution is -0.116. The van der Waals surface area contributed by atoms with Gasteiger partial charge in [0.1, 0.15) is 0 Å². The summed E-state index contributed by atoms with van der Waals surface area (Å²) in [4.78, 5) is 23.9. The van der Waals surface area contributed by atoms with E-state index in [-0.39, 0.29) is 11.8 Å². The van der Waals surface area contributed by atoms with Crippen molar-refractivity contribution in [2.75, 3.05) is 5.32 Å². The number of rotatable bonds is 4. The van der Waals surface area contributed by atoms with Crippen molar-refractivity contribution in [1.29, 1.82) is 0 Å². The van der Waals surface area contributed by atoms with Crippen LogP contribution in [0.3, 0.4) is 0 Å². The van der Waals surface area contributed by atoms with Crippen LogP contribution >= 0.6 is 0 Å². The van der Waals surface area contributed by atoms with Crippen molar-refractivity contribution >= 4 is 17.5 Å². The van der Waals surface area contributed by atoms with E-state index < -0.39 is 5.91 Å². The largest absolute Gasteiger partial charge is 0.366 e. The third-order valence-electron chi connectivity index (χ3n) is 4.80. The van der Waals surface area contributed by atoms with E-state index >= 15 is 0 Å². The maximum absolute atomic E-state index is 12.5. The third kappa shape index (κ3) is 3.32. The summed E-state index contributed by atoms with van der Waals surface area (Å²) in [6.45, 7) is 1.80. The topological polar surface area (TPSA) is 72.2 Å². The lowest BCUT2D eigenvalue weighted by atomic mass is 9.81. The number of fused-ring (bicyclic) bond motifs is 1. The summed E-state index contributed by atoms with van der Waals surface area (Å²) in [5.41, 5.74) is 9.82. The molecular weight excluding hydrogens is 300 g/mol. The predicted octanol–water partition coefficient (Wildman–Crippen LogP) is 3.54. The first-order valence-electron chi connectivity index (χ1n) is 8.33. The van der Waals surface area contributed by atoms with Crippen LogP contribution in [0.15, 0.2) is 42.5 Å². The van der Waals surface area contributed by atoms with Crippen molar-refractivity contribution in [2.24, 2.45) is 5.73 Å². The molecule has 1 aliphatic rings. The number of amides is 2. The van der Waals surface area contributed by atoms with Gasteiger partial charge < -0.3 is 11.1 Å². The van der Waals surface area contributed by atoms with Crippen LogP contribution in [0.1, 0.15) is 52.2 Å². The van der Waals surface area contributed by atoms with Gasteiger partial charge in [0.15, 0.2) is 0 Å². The molecule has 0 saturated carbocycles. The van der Waals surface area contributed by atoms with Crippen LogP contribution in [0.25, 0.3) is 0 Å². The highest BCUT2D eigenvalue weighted by Crippen LogP contribution is 2.34. The highest BCUT2D eigenvalue weighted by Gasteiger charge is 2.22. The monoisotopic (exact) mass is 322 g/mol. The van der Waals surface area contributed by atoms with Gasteiger partial charge in [-0.2, -0.15) is 0 Å². The number of carbonyl (C=O) groups is 2. The molecule has 2 aromatic rings. The van der Waals surface area contributed by atoms with Gasteiger partial charge in [-0.05, 0) is 60.9 Å². The zero-order valence-electron chi connectivity index (χ0n) is 13.8. The number of benzene rings is 2. The predicted molar refractivity (Wildman–Crippen MR) is 95.1 cm³/mol. The first-order valence-corrected chi connectivity index (χ1v) is 8.33. The van der Waals surface area contributed by atoms with E-state index in [1.54, 1.807) is 25.1 Å². The molecule has 0 fully saturated rings. The summed E-state index contributed by atoms with van der Waals surface area (Å²) in [5, 5.41) is 2.94. The van der Waals surface area contributed by atoms with Crippen LogP contribution < -0.4 is 11.1 Å². The highest BCUT2D eigenvalue weighted by atomic mass is 16.2. The SMILES string of the molecule is Cc1c(NC(=O)CC2CCCc3ccccc32)cccc1C(N)=O. The maximum Gasteiger partial charge on any atom is 0.249 e. The molecule has 0 aromatic heterocycles. The lowest BCUT2D eigenvalue weighted by Gasteiger charge is -2.25. The molecular formula is C20H22N2O2. The van der Waals surface area contributed by atoms with E-state index in [2.05, 4.69) is 23.5 Å². The minimum absolute atomic E-state index is 0.0265. The highest BCUT2D eigenvalue weighted by molar-refractivity contribution is 5.98. The van der Waals surface area contributed by atoms with E-state index in [0.29, 0.717) is 23.2 Å². The summed E-state index contributed by atoms with van der Waals surface area (Å²) in [7, 11) is 0. The fraction of sp³-hybridized carbons (Fsp3) is 0.300. The van der Waals surface area contributed by atoms with Gasteiger partial charge in [0, 0.05) is 17.7 Å². The number of aryl methyl sites for hydroxylation is 1. The van der Waals surface area contributed by atoms with Crippen LogP contribution in [0.4, 0.5) is 5.69 Å². The molecule has 1 unspecified atom stereocenters. The van der Waals surface area contributed by atoms with Gasteiger partial charge in [-0.3, -0.25) is 9.59 Å². The van der Waals surface area contributed by atoms with Crippen LogP contribution in [0.2, 0.25) is 0 Å². The van der Waals surface area contributed by atoms with Crippen molar-refractivity contribution in [2.45, 2.75) is 38.5 Å². The van der Waals surface area contributed by atoms with E-state index in [9.17, 15) is 9.59 Å². The molecule has 2 aromatic carbocycles. The average molecular weight is 322 g/mol. The standard InChI is InChI=1S/C20H22N2O2/c1-13-16(20(21)24)10-5-11-18(13)22-19(23)12-15-8-4-7-14-6-2-3-9-17(14)15/h2-3,5-6,9-11,15H,4,7-8,12H2,1H3,(H2,21,24)(H,22,23). The summed E-state index contributed by atoms with van der Waals surface area (Å²) >= 11 is 0. The van der Waals surface area contributed by atoms with Crippen molar-refractivity contribution in [3.8, 4) is 0 Å². The molecule has 0 aliphatic heterocycles. The molecule has 1 atom stereocenters. The fourth-order valence-electron chi connectivity index (χ4n) is 3.53. The molecule has 1 aliphatic carbocycles. The number of hydrogen-bond donors (Lipinski definition) is 2. The Bertz CT molecular complexity index is 783. The Kier molecular flexibility index (Phi) is 4.65. The van der Waals surface area contributed by atoms with Crippen LogP contribution in [-0.4, -0.2) is 11.8 Å². The first kappa shape index (κ1) is 16.2. The zero-order chi connectivity index (χ0) is 17.1. The Morgan fingerprint density at radius 2 is 1.96 bits per heavy atom. The van der Waals surface area contributed by atoms with E-state index in [0.717, 1.165) is 19.3 Å². The van der Waals surface area contributed by atoms with Crippen molar-refractivity contribution in [1.82, 2.24) is 0 Å². The van der Waals surface area contributed by atoms with Crippen LogP contribution in [0, 0.1) is 6.92 Å². The van der Waals surface area contributed by atoms with Crippen LogP contribution in [0.5, 0.6) is 0 Å². The quantitative estimate of drug-likeness (QED) is 0.903. The van der Waals surface area contributed by atoms with Gasteiger partial charge >= 0.3 is 0 Å². The number of anilines is 1. The number of primary amides is 1. The third-order valence-corrected chi connectivity index (χ3v) is 4.80. The number of nitrogens with one attached hydrogen (secondary N) is 1. The fourth-order valence-corrected chi connectivity index (χ4v) is 3.53. The Hall–Kier alpha value is -2.62. The Morgan fingerprint density at radius 1 is 1.17 bits per heavy atom. The molecule has 0 spiro atoms. The van der Waals surface area contributed by atoms with Gasteiger partial charge in [0.2, 0.25) is 11.8 Å². The van der Waals surface area contributed by atoms with Gasteiger partial charge in [-0.15, -0.1) is 0 Å². The van der Waals surface area contributed by atoms with Crippen LogP contribution in [-0.2, 0) is 11.2 Å². The smallest absolute Gasteiger partial charge is 0.249 e. The summed E-state index contributed by atoms with van der Waals surface area (Å²) in [5.74, 6) is -0.249. The van der Waals surface area contributed by atoms with Gasteiger partial charge in [-0.25, -0.2) is 0 Å². The Balaban J connectivity index is 1.74. The maximum atomic E-state index is 12.5. The molecule has 3 N–H and O–H groups in total. The van der Waals surface area contributed by atoms with Gasteiger partial charge in [0.05, 0.1) is 0 Å². The summed E-state index contributed by atoms with van der Waals surface area (Å²) in [6, 6.07) is 13.6. The molecule has 4 heteroatoms. The summed E-state index contributed by atoms with van der Waals surface area (Å²) in [6.07, 6.45) is 3.70. The molecule has 0 saturated heterocycles. The number of hydrogen-bond acceptors (Lipinski definition) is 2. The second-order valence-electron chi connectivity index (χ2n) is 6.38. The second-order valence-corrected chi connectivity index (χ2v) is 6.38. The molecule has 0 bridgehead atoms. The van der Waals surface area contributed by atoms with E-state index in [4.69, 9.17) is 5.73 Å². The molecule has 3 rings (SSSR count). The Labute approximate surface area is 142 Å².